The molecule has 198 valence electrons. The smallest absolute Gasteiger partial charge is 0.246 e. The van der Waals surface area contributed by atoms with Crippen molar-refractivity contribution in [2.75, 3.05) is 11.6 Å². The number of fused-ring (bicyclic) bond motifs is 1. The average molecular weight is 532 g/mol. The highest BCUT2D eigenvalue weighted by Gasteiger charge is 2.72. The van der Waals surface area contributed by atoms with Crippen LogP contribution < -0.4 is 10.6 Å². The zero-order chi connectivity index (χ0) is 26.3. The molecule has 3 unspecified atom stereocenters. The van der Waals surface area contributed by atoms with Crippen LogP contribution in [0.1, 0.15) is 37.7 Å². The fraction of sp³-hybridized carbons (Fsp3) is 0.433. The van der Waals surface area contributed by atoms with Crippen LogP contribution in [0.4, 0.5) is 5.69 Å². The van der Waals surface area contributed by atoms with Crippen LogP contribution in [-0.4, -0.2) is 52.7 Å². The SMILES string of the molecule is CSc1cccc(NC(=O)C2[C@@H]3C=CC4(O3)C(C(=O)NC3CCCCC3)N(Cc3ccccc3)C(=O)[C@H]24)c1. The number of thioether (sulfide) groups is 1. The number of nitrogens with zero attached hydrogens (tertiary/aromatic N) is 1. The molecule has 2 saturated heterocycles. The van der Waals surface area contributed by atoms with Crippen LogP contribution in [0.25, 0.3) is 0 Å². The van der Waals surface area contributed by atoms with Crippen LogP contribution >= 0.6 is 11.8 Å². The second-order valence-electron chi connectivity index (χ2n) is 10.7. The van der Waals surface area contributed by atoms with E-state index in [0.29, 0.717) is 5.69 Å². The molecule has 2 N–H and O–H groups in total. The molecule has 3 heterocycles. The van der Waals surface area contributed by atoms with Crippen molar-refractivity contribution in [2.24, 2.45) is 11.8 Å². The number of carbonyl (C=O) groups excluding carboxylic acids is 3. The molecular weight excluding hydrogens is 498 g/mol. The molecule has 3 aliphatic heterocycles. The van der Waals surface area contributed by atoms with Gasteiger partial charge in [-0.25, -0.2) is 0 Å². The molecule has 4 aliphatic rings. The molecule has 0 aromatic heterocycles. The predicted molar refractivity (Wildman–Crippen MR) is 146 cm³/mol. The Morgan fingerprint density at radius 2 is 1.84 bits per heavy atom. The number of rotatable bonds is 7. The first-order chi connectivity index (χ1) is 18.5. The Hall–Kier alpha value is -3.10. The third-order valence-electron chi connectivity index (χ3n) is 8.41. The Kier molecular flexibility index (Phi) is 6.78. The van der Waals surface area contributed by atoms with Crippen LogP contribution in [0, 0.1) is 11.8 Å². The van der Waals surface area contributed by atoms with Gasteiger partial charge in [0.2, 0.25) is 17.7 Å². The van der Waals surface area contributed by atoms with Gasteiger partial charge in [-0.15, -0.1) is 11.8 Å². The molecule has 6 rings (SSSR count). The van der Waals surface area contributed by atoms with Crippen molar-refractivity contribution in [3.05, 3.63) is 72.3 Å². The zero-order valence-corrected chi connectivity index (χ0v) is 22.3. The maximum absolute atomic E-state index is 14.1. The minimum atomic E-state index is -1.15. The lowest BCUT2D eigenvalue weighted by Gasteiger charge is -2.34. The van der Waals surface area contributed by atoms with E-state index in [1.165, 1.54) is 6.42 Å². The summed E-state index contributed by atoms with van der Waals surface area (Å²) in [7, 11) is 0. The lowest BCUT2D eigenvalue weighted by Crippen LogP contribution is -2.56. The van der Waals surface area contributed by atoms with Crippen molar-refractivity contribution in [1.82, 2.24) is 10.2 Å². The molecule has 2 bridgehead atoms. The quantitative estimate of drug-likeness (QED) is 0.414. The van der Waals surface area contributed by atoms with Gasteiger partial charge in [0.1, 0.15) is 11.6 Å². The zero-order valence-electron chi connectivity index (χ0n) is 21.5. The van der Waals surface area contributed by atoms with Crippen LogP contribution in [-0.2, 0) is 25.7 Å². The van der Waals surface area contributed by atoms with Crippen molar-refractivity contribution in [2.45, 2.75) is 67.3 Å². The lowest BCUT2D eigenvalue weighted by atomic mass is 9.74. The first-order valence-corrected chi connectivity index (χ1v) is 14.7. The minimum Gasteiger partial charge on any atom is -0.359 e. The molecule has 2 aromatic carbocycles. The van der Waals surface area contributed by atoms with Crippen molar-refractivity contribution in [3.63, 3.8) is 0 Å². The van der Waals surface area contributed by atoms with Gasteiger partial charge in [0, 0.05) is 23.2 Å². The Morgan fingerprint density at radius 1 is 1.05 bits per heavy atom. The number of amides is 3. The van der Waals surface area contributed by atoms with Gasteiger partial charge >= 0.3 is 0 Å². The van der Waals surface area contributed by atoms with Gasteiger partial charge in [0.15, 0.2) is 0 Å². The van der Waals surface area contributed by atoms with Gasteiger partial charge in [-0.05, 0) is 42.9 Å². The Morgan fingerprint density at radius 3 is 2.61 bits per heavy atom. The molecular formula is C30H33N3O4S. The molecule has 1 saturated carbocycles. The van der Waals surface area contributed by atoms with Gasteiger partial charge < -0.3 is 20.3 Å². The highest BCUT2D eigenvalue weighted by molar-refractivity contribution is 7.98. The van der Waals surface area contributed by atoms with E-state index in [-0.39, 0.29) is 30.3 Å². The third kappa shape index (κ3) is 4.33. The van der Waals surface area contributed by atoms with E-state index in [9.17, 15) is 14.4 Å². The highest BCUT2D eigenvalue weighted by Crippen LogP contribution is 2.55. The molecule has 5 atom stereocenters. The molecule has 8 heteroatoms. The van der Waals surface area contributed by atoms with Crippen LogP contribution in [0.5, 0.6) is 0 Å². The molecule has 3 amide bonds. The number of hydrogen-bond donors (Lipinski definition) is 2. The van der Waals surface area contributed by atoms with Crippen LogP contribution in [0.3, 0.4) is 0 Å². The fourth-order valence-electron chi connectivity index (χ4n) is 6.67. The summed E-state index contributed by atoms with van der Waals surface area (Å²) in [5.41, 5.74) is 0.459. The van der Waals surface area contributed by atoms with Crippen molar-refractivity contribution in [3.8, 4) is 0 Å². The topological polar surface area (TPSA) is 87.7 Å². The highest BCUT2D eigenvalue weighted by atomic mass is 32.2. The van der Waals surface area contributed by atoms with Gasteiger partial charge in [-0.2, -0.15) is 0 Å². The third-order valence-corrected chi connectivity index (χ3v) is 9.13. The van der Waals surface area contributed by atoms with Gasteiger partial charge in [0.05, 0.1) is 17.9 Å². The summed E-state index contributed by atoms with van der Waals surface area (Å²) in [6.45, 7) is 0.284. The summed E-state index contributed by atoms with van der Waals surface area (Å²) in [4.78, 5) is 44.3. The molecule has 1 aliphatic carbocycles. The second-order valence-corrected chi connectivity index (χ2v) is 11.6. The molecule has 0 radical (unpaired) electrons. The number of likely N-dealkylation sites (tertiary alicyclic amines) is 1. The number of carbonyl (C=O) groups is 3. The number of ether oxygens (including phenoxy) is 1. The Labute approximate surface area is 227 Å². The molecule has 38 heavy (non-hydrogen) atoms. The lowest BCUT2D eigenvalue weighted by molar-refractivity contribution is -0.142. The number of benzene rings is 2. The number of nitrogens with one attached hydrogen (secondary N) is 2. The molecule has 2 aromatic rings. The molecule has 7 nitrogen and oxygen atoms in total. The van der Waals surface area contributed by atoms with Crippen LogP contribution in [0.2, 0.25) is 0 Å². The summed E-state index contributed by atoms with van der Waals surface area (Å²) in [5, 5.41) is 6.24. The van der Waals surface area contributed by atoms with Gasteiger partial charge in [0.25, 0.3) is 0 Å². The second kappa shape index (κ2) is 10.2. The summed E-state index contributed by atoms with van der Waals surface area (Å²) in [6, 6.07) is 16.6. The van der Waals surface area contributed by atoms with E-state index in [1.54, 1.807) is 16.7 Å². The standard InChI is InChI=1S/C30H33N3O4S/c1-38-22-14-8-13-21(17-22)32-27(34)24-23-15-16-30(37-23)25(24)29(36)33(18-19-9-4-2-5-10-19)26(30)28(35)31-20-11-6-3-7-12-20/h2,4-5,8-10,13-17,20,23-26H,3,6-7,11-12,18H2,1H3,(H,31,35)(H,32,34)/t23-,24?,25-,26?,30?/m0/s1. The fourth-order valence-corrected chi connectivity index (χ4v) is 7.13. The summed E-state index contributed by atoms with van der Waals surface area (Å²) in [5.74, 6) is -2.13. The van der Waals surface area contributed by atoms with Crippen molar-refractivity contribution in [1.29, 1.82) is 0 Å². The summed E-state index contributed by atoms with van der Waals surface area (Å²) >= 11 is 1.60. The normalized spacial score (nSPS) is 29.9. The van der Waals surface area contributed by atoms with Crippen molar-refractivity contribution < 1.29 is 19.1 Å². The molecule has 3 fully saturated rings. The van der Waals surface area contributed by atoms with Gasteiger partial charge in [-0.1, -0.05) is 67.8 Å². The first-order valence-electron chi connectivity index (χ1n) is 13.5. The summed E-state index contributed by atoms with van der Waals surface area (Å²) < 4.78 is 6.46. The minimum absolute atomic E-state index is 0.103. The maximum Gasteiger partial charge on any atom is 0.246 e. The van der Waals surface area contributed by atoms with Crippen LogP contribution in [0.15, 0.2) is 71.6 Å². The number of anilines is 1. The van der Waals surface area contributed by atoms with E-state index in [4.69, 9.17) is 4.74 Å². The Bertz CT molecular complexity index is 1260. The van der Waals surface area contributed by atoms with E-state index in [1.807, 2.05) is 73.0 Å². The first kappa shape index (κ1) is 25.2. The van der Waals surface area contributed by atoms with E-state index >= 15 is 0 Å². The number of hydrogen-bond acceptors (Lipinski definition) is 5. The average Bonchev–Trinajstić information content (AvgIpc) is 3.57. The van der Waals surface area contributed by atoms with E-state index in [0.717, 1.165) is 36.1 Å². The van der Waals surface area contributed by atoms with E-state index < -0.39 is 29.6 Å². The molecule has 1 spiro atoms. The Balaban J connectivity index is 1.31. The van der Waals surface area contributed by atoms with E-state index in [2.05, 4.69) is 10.6 Å². The predicted octanol–water partition coefficient (Wildman–Crippen LogP) is 4.15. The monoisotopic (exact) mass is 531 g/mol. The van der Waals surface area contributed by atoms with Gasteiger partial charge in [-0.3, -0.25) is 14.4 Å². The van der Waals surface area contributed by atoms with Crippen molar-refractivity contribution >= 4 is 35.2 Å². The summed E-state index contributed by atoms with van der Waals surface area (Å²) in [6.07, 6.45) is 10.4. The maximum atomic E-state index is 14.1. The largest absolute Gasteiger partial charge is 0.359 e.